The van der Waals surface area contributed by atoms with E-state index >= 15 is 0 Å². The van der Waals surface area contributed by atoms with Gasteiger partial charge < -0.3 is 25.1 Å². The normalized spacial score (nSPS) is 13.5. The van der Waals surface area contributed by atoms with Crippen molar-refractivity contribution in [2.75, 3.05) is 43.5 Å². The molecule has 0 bridgehead atoms. The quantitative estimate of drug-likeness (QED) is 0.201. The monoisotopic (exact) mass is 576 g/mol. The van der Waals surface area contributed by atoms with Gasteiger partial charge in [-0.25, -0.2) is 18.7 Å². The Morgan fingerprint density at radius 2 is 1.86 bits per heavy atom. The van der Waals surface area contributed by atoms with E-state index in [2.05, 4.69) is 25.5 Å². The minimum Gasteiger partial charge on any atom is -0.494 e. The lowest BCUT2D eigenvalue weighted by Crippen LogP contribution is -2.43. The number of nitrogens with two attached hydrogens (primary N) is 1. The van der Waals surface area contributed by atoms with E-state index in [1.807, 2.05) is 6.07 Å². The van der Waals surface area contributed by atoms with Gasteiger partial charge in [-0.05, 0) is 25.1 Å². The zero-order chi connectivity index (χ0) is 29.5. The van der Waals surface area contributed by atoms with E-state index in [1.165, 1.54) is 18.2 Å². The van der Waals surface area contributed by atoms with Gasteiger partial charge in [0.1, 0.15) is 23.2 Å². The zero-order valence-electron chi connectivity index (χ0n) is 23.1. The number of nitrogens with zero attached hydrogens (tertiary/aromatic N) is 3. The van der Waals surface area contributed by atoms with Gasteiger partial charge in [0.2, 0.25) is 11.4 Å². The van der Waals surface area contributed by atoms with Crippen molar-refractivity contribution < 1.29 is 23.7 Å². The molecule has 0 spiro atoms. The van der Waals surface area contributed by atoms with Crippen LogP contribution in [-0.4, -0.2) is 58.5 Å². The molecule has 12 heteroatoms. The Morgan fingerprint density at radius 1 is 1.10 bits per heavy atom. The highest BCUT2D eigenvalue weighted by molar-refractivity contribution is 6.10. The van der Waals surface area contributed by atoms with Crippen molar-refractivity contribution in [3.05, 3.63) is 105 Å². The number of H-pyrrole nitrogens is 1. The molecule has 0 saturated carbocycles. The number of benzene rings is 2. The minimum atomic E-state index is -0.713. The summed E-state index contributed by atoms with van der Waals surface area (Å²) in [5.74, 6) is -0.570. The van der Waals surface area contributed by atoms with Crippen LogP contribution in [0.2, 0.25) is 0 Å². The Morgan fingerprint density at radius 3 is 2.60 bits per heavy atom. The number of morpholine rings is 1. The maximum Gasteiger partial charge on any atom is 0.251 e. The lowest BCUT2D eigenvalue weighted by molar-refractivity contribution is -0.112. The third-order valence-corrected chi connectivity index (χ3v) is 6.66. The molecule has 2 aromatic heterocycles. The predicted molar refractivity (Wildman–Crippen MR) is 155 cm³/mol. The number of ether oxygens (including phenoxy) is 2. The molecule has 0 amide bonds. The van der Waals surface area contributed by atoms with Crippen LogP contribution >= 0.6 is 0 Å². The van der Waals surface area contributed by atoms with E-state index in [1.54, 1.807) is 43.5 Å². The fourth-order valence-corrected chi connectivity index (χ4v) is 4.60. The molecule has 10 nitrogen and oxygen atoms in total. The van der Waals surface area contributed by atoms with Crippen LogP contribution in [0, 0.1) is 11.6 Å². The third kappa shape index (κ3) is 7.14. The number of para-hydroxylation sites is 1. The number of pyridine rings is 1. The van der Waals surface area contributed by atoms with Gasteiger partial charge in [0.15, 0.2) is 0 Å². The molecule has 218 valence electrons. The smallest absolute Gasteiger partial charge is 0.251 e. The topological polar surface area (TPSA) is 130 Å². The Bertz CT molecular complexity index is 1600. The Hall–Kier alpha value is -4.68. The van der Waals surface area contributed by atoms with Crippen molar-refractivity contribution in [1.82, 2.24) is 19.9 Å². The number of rotatable bonds is 11. The fraction of sp³-hybridized carbons (Fsp3) is 0.267. The van der Waals surface area contributed by atoms with Crippen LogP contribution in [0.5, 0.6) is 5.75 Å². The summed E-state index contributed by atoms with van der Waals surface area (Å²) in [6.45, 7) is 5.27. The van der Waals surface area contributed by atoms with Gasteiger partial charge in [0.25, 0.3) is 5.71 Å². The number of hydrogen-bond donors (Lipinski definition) is 4. The van der Waals surface area contributed by atoms with E-state index in [-0.39, 0.29) is 35.0 Å². The molecule has 5 rings (SSSR count). The SMILES string of the molecule is CCOc1cc(F)c(CNc2ccccc2C(=[NH2+])c2nc(CN3CCOCC3)cc(Nc3cc[nH]c(=O)c3)n2)c(F)c1. The molecule has 3 heterocycles. The number of aromatic nitrogens is 3. The van der Waals surface area contributed by atoms with Crippen molar-refractivity contribution >= 4 is 22.9 Å². The van der Waals surface area contributed by atoms with Crippen molar-refractivity contribution in [3.63, 3.8) is 0 Å². The molecule has 1 fully saturated rings. The summed E-state index contributed by atoms with van der Waals surface area (Å²) < 4.78 is 40.1. The molecule has 0 radical (unpaired) electrons. The second-order valence-corrected chi connectivity index (χ2v) is 9.63. The number of anilines is 3. The number of halogens is 2. The minimum absolute atomic E-state index is 0.123. The molecule has 42 heavy (non-hydrogen) atoms. The molecule has 1 saturated heterocycles. The van der Waals surface area contributed by atoms with E-state index in [4.69, 9.17) is 19.9 Å². The third-order valence-electron chi connectivity index (χ3n) is 6.66. The van der Waals surface area contributed by atoms with Crippen LogP contribution in [0.15, 0.2) is 65.6 Å². The van der Waals surface area contributed by atoms with Crippen molar-refractivity contribution in [3.8, 4) is 5.75 Å². The van der Waals surface area contributed by atoms with Gasteiger partial charge in [-0.15, -0.1) is 0 Å². The first-order chi connectivity index (χ1) is 20.4. The average Bonchev–Trinajstić information content (AvgIpc) is 2.97. The summed E-state index contributed by atoms with van der Waals surface area (Å²) in [6, 6.07) is 14.4. The van der Waals surface area contributed by atoms with Crippen molar-refractivity contribution in [2.24, 2.45) is 0 Å². The first-order valence-electron chi connectivity index (χ1n) is 13.6. The fourth-order valence-electron chi connectivity index (χ4n) is 4.60. The lowest BCUT2D eigenvalue weighted by Gasteiger charge is -2.26. The summed E-state index contributed by atoms with van der Waals surface area (Å²) in [4.78, 5) is 26.0. The summed E-state index contributed by atoms with van der Waals surface area (Å²) in [6.07, 6.45) is 1.54. The molecule has 2 aromatic carbocycles. The van der Waals surface area contributed by atoms with Crippen molar-refractivity contribution in [1.29, 1.82) is 0 Å². The molecule has 1 aliphatic heterocycles. The number of hydrogen-bond acceptors (Lipinski definition) is 8. The molecule has 4 aromatic rings. The van der Waals surface area contributed by atoms with Crippen LogP contribution in [0.1, 0.15) is 29.6 Å². The van der Waals surface area contributed by atoms with Gasteiger partial charge in [-0.1, -0.05) is 12.1 Å². The van der Waals surface area contributed by atoms with E-state index in [0.717, 1.165) is 18.8 Å². The summed E-state index contributed by atoms with van der Waals surface area (Å²) in [7, 11) is 0. The standard InChI is InChI=1S/C30H31F2N7O3/c1-2-42-21-15-24(31)23(25(32)16-21)17-35-26-6-4-3-5-22(26)29(33)30-37-20(18-39-9-11-41-12-10-39)13-27(38-30)36-19-7-8-34-28(40)14-19/h3-8,13-16,33,35H,2,9-12,17-18H2,1H3,(H2,34,36,37,38,40)/p+1. The van der Waals surface area contributed by atoms with Crippen LogP contribution < -0.4 is 26.3 Å². The molecular formula is C30H32F2N7O3+. The summed E-state index contributed by atoms with van der Waals surface area (Å²) in [5, 5.41) is 12.9. The van der Waals surface area contributed by atoms with Gasteiger partial charge in [-0.2, -0.15) is 0 Å². The molecular weight excluding hydrogens is 544 g/mol. The first kappa shape index (κ1) is 28.8. The second-order valence-electron chi connectivity index (χ2n) is 9.63. The first-order valence-corrected chi connectivity index (χ1v) is 13.6. The van der Waals surface area contributed by atoms with E-state index in [9.17, 15) is 13.6 Å². The van der Waals surface area contributed by atoms with Gasteiger partial charge in [-0.3, -0.25) is 15.1 Å². The maximum atomic E-state index is 14.7. The van der Waals surface area contributed by atoms with Crippen molar-refractivity contribution in [2.45, 2.75) is 20.0 Å². The van der Waals surface area contributed by atoms with Crippen LogP contribution in [0.3, 0.4) is 0 Å². The molecule has 5 N–H and O–H groups in total. The van der Waals surface area contributed by atoms with Crippen LogP contribution in [0.25, 0.3) is 0 Å². The summed E-state index contributed by atoms with van der Waals surface area (Å²) in [5.41, 5.74) is 2.28. The average molecular weight is 577 g/mol. The molecule has 0 atom stereocenters. The lowest BCUT2D eigenvalue weighted by atomic mass is 10.1. The zero-order valence-corrected chi connectivity index (χ0v) is 23.1. The Balaban J connectivity index is 1.43. The number of aromatic amines is 1. The van der Waals surface area contributed by atoms with E-state index < -0.39 is 11.6 Å². The highest BCUT2D eigenvalue weighted by Crippen LogP contribution is 2.24. The van der Waals surface area contributed by atoms with E-state index in [0.29, 0.717) is 49.1 Å². The Labute approximate surface area is 241 Å². The number of nitrogens with one attached hydrogen (secondary N) is 3. The van der Waals surface area contributed by atoms with Gasteiger partial charge in [0, 0.05) is 73.6 Å². The maximum absolute atomic E-state index is 14.7. The second kappa shape index (κ2) is 13.3. The van der Waals surface area contributed by atoms with Crippen LogP contribution in [-0.2, 0) is 17.8 Å². The largest absolute Gasteiger partial charge is 0.494 e. The van der Waals surface area contributed by atoms with Gasteiger partial charge in [0.05, 0.1) is 31.1 Å². The molecule has 0 unspecified atom stereocenters. The predicted octanol–water partition coefficient (Wildman–Crippen LogP) is 2.63. The highest BCUT2D eigenvalue weighted by atomic mass is 19.1. The summed E-state index contributed by atoms with van der Waals surface area (Å²) >= 11 is 0. The molecule has 1 aliphatic rings. The van der Waals surface area contributed by atoms with Crippen LogP contribution in [0.4, 0.5) is 26.0 Å². The highest BCUT2D eigenvalue weighted by Gasteiger charge is 2.22. The van der Waals surface area contributed by atoms with Gasteiger partial charge >= 0.3 is 0 Å². The molecule has 0 aliphatic carbocycles. The Kier molecular flexibility index (Phi) is 9.15.